The lowest BCUT2D eigenvalue weighted by Crippen LogP contribution is -2.10. The van der Waals surface area contributed by atoms with Gasteiger partial charge in [0.25, 0.3) is 0 Å². The van der Waals surface area contributed by atoms with Gasteiger partial charge in [0.2, 0.25) is 5.90 Å². The van der Waals surface area contributed by atoms with Crippen molar-refractivity contribution < 1.29 is 18.9 Å². The Bertz CT molecular complexity index is 962. The van der Waals surface area contributed by atoms with E-state index in [-0.39, 0.29) is 0 Å². The Morgan fingerprint density at radius 3 is 1.83 bits per heavy atom. The van der Waals surface area contributed by atoms with Gasteiger partial charge in [-0.05, 0) is 67.6 Å². The van der Waals surface area contributed by atoms with Crippen LogP contribution in [0.25, 0.3) is 0 Å². The Balaban J connectivity index is 1.84. The summed E-state index contributed by atoms with van der Waals surface area (Å²) in [4.78, 5) is 4.64. The fourth-order valence-electron chi connectivity index (χ4n) is 2.43. The van der Waals surface area contributed by atoms with Gasteiger partial charge in [0, 0.05) is 5.57 Å². The molecule has 5 heteroatoms. The van der Waals surface area contributed by atoms with E-state index in [9.17, 15) is 0 Å². The number of nitrogens with zero attached hydrogens (tertiary/aromatic N) is 1. The molecule has 0 spiro atoms. The van der Waals surface area contributed by atoms with Crippen molar-refractivity contribution in [3.8, 4) is 23.0 Å². The van der Waals surface area contributed by atoms with Crippen LogP contribution in [0.15, 0.2) is 95.7 Å². The summed E-state index contributed by atoms with van der Waals surface area (Å²) in [5.41, 5.74) is 1.48. The second kappa shape index (κ2) is 9.99. The van der Waals surface area contributed by atoms with E-state index in [0.717, 1.165) is 22.8 Å². The molecule has 0 bridgehead atoms. The van der Waals surface area contributed by atoms with Gasteiger partial charge in [-0.15, -0.1) is 0 Å². The van der Waals surface area contributed by atoms with Crippen LogP contribution in [0.2, 0.25) is 0 Å². The summed E-state index contributed by atoms with van der Waals surface area (Å²) in [6.45, 7) is 1.88. The third kappa shape index (κ3) is 5.87. The first-order valence-corrected chi connectivity index (χ1v) is 9.11. The summed E-state index contributed by atoms with van der Waals surface area (Å²) in [6, 6.07) is 24.3. The second-order valence-electron chi connectivity index (χ2n) is 6.12. The lowest BCUT2D eigenvalue weighted by molar-refractivity contribution is 0.412. The van der Waals surface area contributed by atoms with Gasteiger partial charge in [-0.3, -0.25) is 0 Å². The molecule has 0 saturated carbocycles. The molecule has 5 nitrogen and oxygen atoms in total. The molecule has 0 unspecified atom stereocenters. The molecule has 0 aliphatic carbocycles. The lowest BCUT2D eigenvalue weighted by atomic mass is 10.3. The summed E-state index contributed by atoms with van der Waals surface area (Å²) < 4.78 is 22.1. The standard InChI is InChI=1S/C24H23NO4/c1-18(17-28-22-15-13-21(27-3)14-16-22)24(29-23-7-5-4-6-8-23)25-19-9-11-20(26-2)12-10-19/h4-17H,1-3H3. The molecule has 0 N–H and O–H groups in total. The first kappa shape index (κ1) is 20.0. The van der Waals surface area contributed by atoms with Crippen molar-refractivity contribution in [1.82, 2.24) is 0 Å². The van der Waals surface area contributed by atoms with E-state index in [1.807, 2.05) is 85.8 Å². The number of rotatable bonds is 7. The summed E-state index contributed by atoms with van der Waals surface area (Å²) in [5, 5.41) is 0. The van der Waals surface area contributed by atoms with E-state index in [2.05, 4.69) is 4.99 Å². The third-order valence-electron chi connectivity index (χ3n) is 4.03. The third-order valence-corrected chi connectivity index (χ3v) is 4.03. The first-order valence-electron chi connectivity index (χ1n) is 9.11. The monoisotopic (exact) mass is 389 g/mol. The molecule has 0 aliphatic heterocycles. The Morgan fingerprint density at radius 2 is 1.24 bits per heavy atom. The molecule has 0 radical (unpaired) electrons. The first-order chi connectivity index (χ1) is 14.2. The van der Waals surface area contributed by atoms with Crippen LogP contribution in [-0.4, -0.2) is 20.1 Å². The molecule has 3 rings (SSSR count). The Hall–Kier alpha value is -3.73. The van der Waals surface area contributed by atoms with Gasteiger partial charge in [-0.25, -0.2) is 4.99 Å². The molecule has 0 amide bonds. The van der Waals surface area contributed by atoms with Crippen molar-refractivity contribution in [2.75, 3.05) is 14.2 Å². The number of ether oxygens (including phenoxy) is 4. The molecule has 148 valence electrons. The Kier molecular flexibility index (Phi) is 6.90. The molecule has 3 aromatic rings. The number of aliphatic imine (C=N–C) groups is 1. The van der Waals surface area contributed by atoms with Crippen molar-refractivity contribution in [3.63, 3.8) is 0 Å². The fourth-order valence-corrected chi connectivity index (χ4v) is 2.43. The molecule has 0 saturated heterocycles. The van der Waals surface area contributed by atoms with E-state index in [0.29, 0.717) is 17.4 Å². The van der Waals surface area contributed by atoms with Crippen LogP contribution in [0.5, 0.6) is 23.0 Å². The van der Waals surface area contributed by atoms with Crippen LogP contribution >= 0.6 is 0 Å². The molecule has 0 atom stereocenters. The maximum absolute atomic E-state index is 6.01. The van der Waals surface area contributed by atoms with E-state index >= 15 is 0 Å². The van der Waals surface area contributed by atoms with Gasteiger partial charge >= 0.3 is 0 Å². The molecule has 3 aromatic carbocycles. The SMILES string of the molecule is COc1ccc(N=C(Oc2ccccc2)C(C)=COc2ccc(OC)cc2)cc1. The predicted octanol–water partition coefficient (Wildman–Crippen LogP) is 5.80. The maximum Gasteiger partial charge on any atom is 0.225 e. The Labute approximate surface area is 170 Å². The van der Waals surface area contributed by atoms with Gasteiger partial charge in [-0.2, -0.15) is 0 Å². The Morgan fingerprint density at radius 1 is 0.690 bits per heavy atom. The van der Waals surface area contributed by atoms with Gasteiger partial charge in [0.1, 0.15) is 23.0 Å². The van der Waals surface area contributed by atoms with E-state index in [1.165, 1.54) is 0 Å². The second-order valence-corrected chi connectivity index (χ2v) is 6.12. The van der Waals surface area contributed by atoms with Crippen molar-refractivity contribution >= 4 is 11.6 Å². The van der Waals surface area contributed by atoms with Crippen molar-refractivity contribution in [2.24, 2.45) is 4.99 Å². The topological polar surface area (TPSA) is 49.3 Å². The molecule has 0 aromatic heterocycles. The molecule has 0 fully saturated rings. The minimum Gasteiger partial charge on any atom is -0.497 e. The minimum atomic E-state index is 0.440. The lowest BCUT2D eigenvalue weighted by Gasteiger charge is -2.10. The van der Waals surface area contributed by atoms with Crippen molar-refractivity contribution in [3.05, 3.63) is 90.7 Å². The molecular weight excluding hydrogens is 366 g/mol. The summed E-state index contributed by atoms with van der Waals surface area (Å²) in [6.07, 6.45) is 1.62. The quantitative estimate of drug-likeness (QED) is 0.291. The average Bonchev–Trinajstić information content (AvgIpc) is 2.78. The number of hydrogen-bond donors (Lipinski definition) is 0. The van der Waals surface area contributed by atoms with Gasteiger partial charge in [-0.1, -0.05) is 18.2 Å². The van der Waals surface area contributed by atoms with Crippen molar-refractivity contribution in [2.45, 2.75) is 6.92 Å². The van der Waals surface area contributed by atoms with Crippen LogP contribution in [0.4, 0.5) is 5.69 Å². The summed E-state index contributed by atoms with van der Waals surface area (Å²) >= 11 is 0. The highest BCUT2D eigenvalue weighted by atomic mass is 16.5. The van der Waals surface area contributed by atoms with Gasteiger partial charge < -0.3 is 18.9 Å². The number of benzene rings is 3. The summed E-state index contributed by atoms with van der Waals surface area (Å²) in [7, 11) is 3.26. The minimum absolute atomic E-state index is 0.440. The highest BCUT2D eigenvalue weighted by molar-refractivity contribution is 5.96. The molecule has 29 heavy (non-hydrogen) atoms. The molecular formula is C24H23NO4. The van der Waals surface area contributed by atoms with Crippen LogP contribution in [0, 0.1) is 0 Å². The van der Waals surface area contributed by atoms with Crippen LogP contribution < -0.4 is 18.9 Å². The predicted molar refractivity (Wildman–Crippen MR) is 115 cm³/mol. The highest BCUT2D eigenvalue weighted by Crippen LogP contribution is 2.21. The largest absolute Gasteiger partial charge is 0.497 e. The van der Waals surface area contributed by atoms with Gasteiger partial charge in [0.15, 0.2) is 0 Å². The normalized spacial score (nSPS) is 11.7. The highest BCUT2D eigenvalue weighted by Gasteiger charge is 2.08. The zero-order valence-electron chi connectivity index (χ0n) is 16.7. The number of para-hydroxylation sites is 1. The molecule has 0 heterocycles. The van der Waals surface area contributed by atoms with Crippen molar-refractivity contribution in [1.29, 1.82) is 0 Å². The van der Waals surface area contributed by atoms with Crippen LogP contribution in [0.3, 0.4) is 0 Å². The molecule has 0 aliphatic rings. The zero-order chi connectivity index (χ0) is 20.5. The number of hydrogen-bond acceptors (Lipinski definition) is 5. The summed E-state index contributed by atoms with van der Waals surface area (Å²) in [5.74, 6) is 3.36. The zero-order valence-corrected chi connectivity index (χ0v) is 16.7. The van der Waals surface area contributed by atoms with Gasteiger partial charge in [0.05, 0.1) is 26.2 Å². The van der Waals surface area contributed by atoms with Crippen LogP contribution in [0.1, 0.15) is 6.92 Å². The number of methoxy groups -OCH3 is 2. The maximum atomic E-state index is 6.01. The van der Waals surface area contributed by atoms with E-state index in [1.54, 1.807) is 20.5 Å². The average molecular weight is 389 g/mol. The van der Waals surface area contributed by atoms with E-state index < -0.39 is 0 Å². The van der Waals surface area contributed by atoms with E-state index in [4.69, 9.17) is 18.9 Å². The smallest absolute Gasteiger partial charge is 0.225 e. The fraction of sp³-hybridized carbons (Fsp3) is 0.125. The van der Waals surface area contributed by atoms with Crippen LogP contribution in [-0.2, 0) is 0 Å².